The van der Waals surface area contributed by atoms with Crippen molar-refractivity contribution in [3.05, 3.63) is 64.3 Å². The Balaban J connectivity index is 1.21. The van der Waals surface area contributed by atoms with Crippen LogP contribution < -0.4 is 15.8 Å². The van der Waals surface area contributed by atoms with Gasteiger partial charge in [0.2, 0.25) is 5.82 Å². The zero-order chi connectivity index (χ0) is 22.9. The number of fused-ring (bicyclic) bond motifs is 1. The number of carbonyl (C=O) groups excluding carboxylic acids is 1. The summed E-state index contributed by atoms with van der Waals surface area (Å²) in [7, 11) is 1.56. The Morgan fingerprint density at radius 1 is 1.15 bits per heavy atom. The van der Waals surface area contributed by atoms with Gasteiger partial charge in [-0.25, -0.2) is 14.4 Å². The van der Waals surface area contributed by atoms with Crippen LogP contribution in [-0.2, 0) is 0 Å². The van der Waals surface area contributed by atoms with Crippen LogP contribution in [0, 0.1) is 5.82 Å². The molecule has 0 bridgehead atoms. The molecule has 0 spiro atoms. The lowest BCUT2D eigenvalue weighted by Gasteiger charge is -2.39. The van der Waals surface area contributed by atoms with Crippen molar-refractivity contribution in [2.75, 3.05) is 38.1 Å². The number of hydrogen-bond donors (Lipinski definition) is 2. The molecule has 1 aromatic carbocycles. The predicted octanol–water partition coefficient (Wildman–Crippen LogP) is 2.28. The first kappa shape index (κ1) is 21.5. The van der Waals surface area contributed by atoms with Crippen molar-refractivity contribution in [2.45, 2.75) is 31.2 Å². The molecule has 2 N–H and O–H groups in total. The fraction of sp³-hybridized carbons (Fsp3) is 0.417. The number of pyridine rings is 1. The Labute approximate surface area is 190 Å². The second kappa shape index (κ2) is 8.90. The average Bonchev–Trinajstić information content (AvgIpc) is 3.34. The number of nitrogens with one attached hydrogen (secondary N) is 2. The molecular formula is C24H27FN6O2. The minimum Gasteiger partial charge on any atom is -0.366 e. The van der Waals surface area contributed by atoms with Gasteiger partial charge in [0.05, 0.1) is 23.5 Å². The zero-order valence-electron chi connectivity index (χ0n) is 18.6. The molecule has 1 amide bonds. The number of nitrogens with zero attached hydrogens (tertiary/aromatic N) is 4. The van der Waals surface area contributed by atoms with Crippen molar-refractivity contribution in [1.82, 2.24) is 25.2 Å². The van der Waals surface area contributed by atoms with E-state index in [1.165, 1.54) is 6.07 Å². The molecule has 2 fully saturated rings. The van der Waals surface area contributed by atoms with E-state index in [1.54, 1.807) is 31.6 Å². The first-order valence-electron chi connectivity index (χ1n) is 11.4. The van der Waals surface area contributed by atoms with Gasteiger partial charge in [0.15, 0.2) is 0 Å². The molecule has 1 saturated carbocycles. The predicted molar refractivity (Wildman–Crippen MR) is 124 cm³/mol. The molecule has 2 aromatic heterocycles. The maximum Gasteiger partial charge on any atom is 0.288 e. The number of carbonyl (C=O) groups is 1. The number of rotatable bonds is 4. The Bertz CT molecular complexity index is 1220. The SMILES string of the molecule is CNC(=O)c1ncc(N2CCN([C@@H]3CC[C@@H](c4cc5cccc(F)c5c(=O)[nH]4)C3)CC2)cn1. The van der Waals surface area contributed by atoms with Crippen molar-refractivity contribution in [2.24, 2.45) is 0 Å². The van der Waals surface area contributed by atoms with Crippen LogP contribution in [0.5, 0.6) is 0 Å². The van der Waals surface area contributed by atoms with Gasteiger partial charge < -0.3 is 15.2 Å². The number of halogens is 1. The zero-order valence-corrected chi connectivity index (χ0v) is 18.6. The molecule has 2 aliphatic rings. The summed E-state index contributed by atoms with van der Waals surface area (Å²) < 4.78 is 14.0. The minimum atomic E-state index is -0.476. The van der Waals surface area contributed by atoms with Crippen LogP contribution in [0.15, 0.2) is 41.5 Å². The summed E-state index contributed by atoms with van der Waals surface area (Å²) in [4.78, 5) is 40.1. The summed E-state index contributed by atoms with van der Waals surface area (Å²) in [6, 6.07) is 7.18. The summed E-state index contributed by atoms with van der Waals surface area (Å²) in [6.45, 7) is 3.62. The Hall–Kier alpha value is -3.33. The quantitative estimate of drug-likeness (QED) is 0.633. The molecule has 8 nitrogen and oxygen atoms in total. The topological polar surface area (TPSA) is 94.2 Å². The number of piperazine rings is 1. The van der Waals surface area contributed by atoms with Gasteiger partial charge in [-0.05, 0) is 36.8 Å². The Morgan fingerprint density at radius 2 is 1.91 bits per heavy atom. The van der Waals surface area contributed by atoms with Gasteiger partial charge in [-0.3, -0.25) is 14.5 Å². The monoisotopic (exact) mass is 450 g/mol. The van der Waals surface area contributed by atoms with Gasteiger partial charge in [-0.2, -0.15) is 0 Å². The lowest BCUT2D eigenvalue weighted by molar-refractivity contribution is 0.0952. The largest absolute Gasteiger partial charge is 0.366 e. The van der Waals surface area contributed by atoms with Crippen molar-refractivity contribution >= 4 is 22.4 Å². The average molecular weight is 451 g/mol. The first-order chi connectivity index (χ1) is 16.0. The highest BCUT2D eigenvalue weighted by Crippen LogP contribution is 2.37. The smallest absolute Gasteiger partial charge is 0.288 e. The second-order valence-corrected chi connectivity index (χ2v) is 8.79. The van der Waals surface area contributed by atoms with E-state index in [9.17, 15) is 14.0 Å². The molecule has 2 atom stereocenters. The summed E-state index contributed by atoms with van der Waals surface area (Å²) in [6.07, 6.45) is 6.49. The van der Waals surface area contributed by atoms with E-state index in [1.807, 2.05) is 6.07 Å². The highest BCUT2D eigenvalue weighted by atomic mass is 19.1. The molecule has 0 unspecified atom stereocenters. The van der Waals surface area contributed by atoms with Crippen LogP contribution in [-0.4, -0.2) is 65.0 Å². The number of amides is 1. The van der Waals surface area contributed by atoms with Crippen LogP contribution >= 0.6 is 0 Å². The second-order valence-electron chi connectivity index (χ2n) is 8.79. The van der Waals surface area contributed by atoms with Crippen LogP contribution in [0.3, 0.4) is 0 Å². The lowest BCUT2D eigenvalue weighted by atomic mass is 10.00. The highest BCUT2D eigenvalue weighted by molar-refractivity contribution is 5.90. The number of hydrogen-bond acceptors (Lipinski definition) is 6. The van der Waals surface area contributed by atoms with E-state index in [2.05, 4.69) is 30.1 Å². The molecule has 1 saturated heterocycles. The highest BCUT2D eigenvalue weighted by Gasteiger charge is 2.32. The standard InChI is InChI=1S/C24H27FN6O2/c1-26-24(33)22-27-13-18(14-28-22)31-9-7-30(8-10-31)17-6-5-15(11-17)20-12-16-3-2-4-19(25)21(16)23(32)29-20/h2-4,12-15,17H,5-11H2,1H3,(H,26,33)(H,29,32)/t15-,17-/m1/s1. The third-order valence-electron chi connectivity index (χ3n) is 6.95. The van der Waals surface area contributed by atoms with E-state index >= 15 is 0 Å². The molecule has 1 aliphatic carbocycles. The molecule has 3 heterocycles. The van der Waals surface area contributed by atoms with Gasteiger partial charge in [0.25, 0.3) is 11.5 Å². The van der Waals surface area contributed by atoms with Crippen LogP contribution in [0.4, 0.5) is 10.1 Å². The fourth-order valence-electron chi connectivity index (χ4n) is 5.15. The molecule has 0 radical (unpaired) electrons. The molecule has 172 valence electrons. The Kier molecular flexibility index (Phi) is 5.80. The van der Waals surface area contributed by atoms with E-state index < -0.39 is 5.82 Å². The Morgan fingerprint density at radius 3 is 2.64 bits per heavy atom. The van der Waals surface area contributed by atoms with Gasteiger partial charge in [-0.15, -0.1) is 0 Å². The summed E-state index contributed by atoms with van der Waals surface area (Å²) in [5, 5.41) is 3.33. The number of H-pyrrole nitrogens is 1. The number of aromatic amines is 1. The third-order valence-corrected chi connectivity index (χ3v) is 6.95. The summed E-state index contributed by atoms with van der Waals surface area (Å²) in [5.41, 5.74) is 1.49. The normalized spacial score (nSPS) is 21.5. The minimum absolute atomic E-state index is 0.138. The lowest BCUT2D eigenvalue weighted by Crippen LogP contribution is -2.49. The summed E-state index contributed by atoms with van der Waals surface area (Å²) in [5.74, 6) is -0.318. The van der Waals surface area contributed by atoms with Crippen molar-refractivity contribution in [3.8, 4) is 0 Å². The third kappa shape index (κ3) is 4.20. The van der Waals surface area contributed by atoms with E-state index in [-0.39, 0.29) is 28.6 Å². The molecule has 33 heavy (non-hydrogen) atoms. The van der Waals surface area contributed by atoms with Gasteiger partial charge in [0.1, 0.15) is 5.82 Å². The first-order valence-corrected chi connectivity index (χ1v) is 11.4. The molecule has 3 aromatic rings. The fourth-order valence-corrected chi connectivity index (χ4v) is 5.15. The van der Waals surface area contributed by atoms with E-state index in [0.717, 1.165) is 56.8 Å². The van der Waals surface area contributed by atoms with Gasteiger partial charge in [0, 0.05) is 50.9 Å². The number of aromatic nitrogens is 3. The van der Waals surface area contributed by atoms with E-state index in [0.29, 0.717) is 11.4 Å². The molecular weight excluding hydrogens is 423 g/mol. The van der Waals surface area contributed by atoms with Crippen LogP contribution in [0.2, 0.25) is 0 Å². The number of benzene rings is 1. The van der Waals surface area contributed by atoms with Gasteiger partial charge in [-0.1, -0.05) is 12.1 Å². The molecule has 1 aliphatic heterocycles. The maximum absolute atomic E-state index is 14.0. The van der Waals surface area contributed by atoms with E-state index in [4.69, 9.17) is 0 Å². The van der Waals surface area contributed by atoms with Crippen LogP contribution in [0.1, 0.15) is 41.5 Å². The molecule has 9 heteroatoms. The van der Waals surface area contributed by atoms with Crippen molar-refractivity contribution in [1.29, 1.82) is 0 Å². The van der Waals surface area contributed by atoms with Crippen molar-refractivity contribution in [3.63, 3.8) is 0 Å². The number of anilines is 1. The van der Waals surface area contributed by atoms with Crippen molar-refractivity contribution < 1.29 is 9.18 Å². The summed E-state index contributed by atoms with van der Waals surface area (Å²) >= 11 is 0. The maximum atomic E-state index is 14.0. The van der Waals surface area contributed by atoms with Crippen LogP contribution in [0.25, 0.3) is 10.8 Å². The van der Waals surface area contributed by atoms with Gasteiger partial charge >= 0.3 is 0 Å². The molecule has 5 rings (SSSR count).